The van der Waals surface area contributed by atoms with Crippen molar-refractivity contribution in [2.75, 3.05) is 23.7 Å². The van der Waals surface area contributed by atoms with E-state index in [1.165, 1.54) is 21.5 Å². The molecule has 16 heavy (non-hydrogen) atoms. The number of halogens is 2. The van der Waals surface area contributed by atoms with Crippen LogP contribution in [-0.2, 0) is 5.33 Å². The first kappa shape index (κ1) is 12.8. The molecule has 1 aliphatic rings. The molecule has 2 rings (SSSR count). The van der Waals surface area contributed by atoms with Crippen molar-refractivity contribution in [1.29, 1.82) is 0 Å². The Kier molecular flexibility index (Phi) is 4.62. The smallest absolute Gasteiger partial charge is 0.0378 e. The Bertz CT molecular complexity index is 370. The molecular weight excluding hydrogens is 350 g/mol. The highest BCUT2D eigenvalue weighted by Crippen LogP contribution is 2.28. The summed E-state index contributed by atoms with van der Waals surface area (Å²) in [5, 5.41) is 1.64. The molecule has 0 spiro atoms. The molecule has 1 nitrogen and oxygen atoms in total. The first-order valence-corrected chi connectivity index (χ1v) is 8.38. The number of thioether (sulfide) groups is 1. The van der Waals surface area contributed by atoms with Gasteiger partial charge in [-0.2, -0.15) is 11.8 Å². The van der Waals surface area contributed by atoms with Gasteiger partial charge in [0.15, 0.2) is 0 Å². The Morgan fingerprint density at radius 3 is 2.94 bits per heavy atom. The predicted octanol–water partition coefficient (Wildman–Crippen LogP) is 4.29. The van der Waals surface area contributed by atoms with E-state index >= 15 is 0 Å². The zero-order valence-corrected chi connectivity index (χ0v) is 13.2. The number of rotatable bonds is 2. The summed E-state index contributed by atoms with van der Waals surface area (Å²) in [6.45, 7) is 4.62. The molecule has 1 aliphatic heterocycles. The van der Waals surface area contributed by atoms with Gasteiger partial charge in [0.05, 0.1) is 0 Å². The van der Waals surface area contributed by atoms with Crippen LogP contribution < -0.4 is 4.90 Å². The van der Waals surface area contributed by atoms with Gasteiger partial charge >= 0.3 is 0 Å². The zero-order valence-electron chi connectivity index (χ0n) is 9.25. The van der Waals surface area contributed by atoms with Crippen LogP contribution in [-0.4, -0.2) is 24.1 Å². The molecule has 0 aliphatic carbocycles. The van der Waals surface area contributed by atoms with Crippen LogP contribution in [0.4, 0.5) is 5.69 Å². The lowest BCUT2D eigenvalue weighted by molar-refractivity contribution is 0.782. The molecule has 0 aromatic heterocycles. The highest BCUT2D eigenvalue weighted by molar-refractivity contribution is 9.10. The largest absolute Gasteiger partial charge is 0.370 e. The van der Waals surface area contributed by atoms with Crippen LogP contribution >= 0.6 is 43.6 Å². The van der Waals surface area contributed by atoms with E-state index < -0.39 is 0 Å². The van der Waals surface area contributed by atoms with Crippen molar-refractivity contribution in [3.05, 3.63) is 28.2 Å². The summed E-state index contributed by atoms with van der Waals surface area (Å²) in [7, 11) is 0. The van der Waals surface area contributed by atoms with Gasteiger partial charge in [-0.3, -0.25) is 0 Å². The number of hydrogen-bond acceptors (Lipinski definition) is 2. The molecule has 1 atom stereocenters. The first-order chi connectivity index (χ1) is 7.70. The van der Waals surface area contributed by atoms with E-state index in [1.807, 2.05) is 0 Å². The number of benzene rings is 1. The second-order valence-corrected chi connectivity index (χ2v) is 7.00. The predicted molar refractivity (Wildman–Crippen MR) is 80.9 cm³/mol. The fourth-order valence-corrected chi connectivity index (χ4v) is 4.28. The summed E-state index contributed by atoms with van der Waals surface area (Å²) in [6.07, 6.45) is 0. The van der Waals surface area contributed by atoms with E-state index in [-0.39, 0.29) is 0 Å². The van der Waals surface area contributed by atoms with Crippen molar-refractivity contribution in [3.63, 3.8) is 0 Å². The molecule has 0 saturated carbocycles. The van der Waals surface area contributed by atoms with E-state index in [1.54, 1.807) is 0 Å². The summed E-state index contributed by atoms with van der Waals surface area (Å²) >= 11 is 9.19. The van der Waals surface area contributed by atoms with Gasteiger partial charge in [0.1, 0.15) is 0 Å². The van der Waals surface area contributed by atoms with Crippen molar-refractivity contribution < 1.29 is 0 Å². The highest BCUT2D eigenvalue weighted by atomic mass is 79.9. The van der Waals surface area contributed by atoms with Crippen LogP contribution in [0.2, 0.25) is 0 Å². The SMILES string of the molecule is CC1CN(c2ccc(CBr)c(Br)c2)CCS1. The Morgan fingerprint density at radius 1 is 1.50 bits per heavy atom. The number of anilines is 1. The minimum absolute atomic E-state index is 0.739. The third-order valence-corrected chi connectivity index (χ3v) is 5.27. The van der Waals surface area contributed by atoms with Crippen LogP contribution in [0, 0.1) is 0 Å². The average Bonchev–Trinajstić information content (AvgIpc) is 2.29. The standard InChI is InChI=1S/C12H15Br2NS/c1-9-8-15(4-5-16-9)11-3-2-10(7-13)12(14)6-11/h2-3,6,9H,4-5,7-8H2,1H3. The summed E-state index contributed by atoms with van der Waals surface area (Å²) in [4.78, 5) is 2.48. The van der Waals surface area contributed by atoms with Crippen LogP contribution in [0.25, 0.3) is 0 Å². The Morgan fingerprint density at radius 2 is 2.31 bits per heavy atom. The molecule has 1 unspecified atom stereocenters. The van der Waals surface area contributed by atoms with Crippen LogP contribution in [0.5, 0.6) is 0 Å². The lowest BCUT2D eigenvalue weighted by Crippen LogP contribution is -2.36. The molecule has 1 saturated heterocycles. The monoisotopic (exact) mass is 363 g/mol. The molecule has 88 valence electrons. The summed E-state index contributed by atoms with van der Waals surface area (Å²) in [6, 6.07) is 6.66. The topological polar surface area (TPSA) is 3.24 Å². The molecule has 4 heteroatoms. The first-order valence-electron chi connectivity index (χ1n) is 5.41. The van der Waals surface area contributed by atoms with E-state index in [4.69, 9.17) is 0 Å². The molecule has 1 aromatic carbocycles. The molecule has 0 amide bonds. The van der Waals surface area contributed by atoms with E-state index in [0.717, 1.165) is 23.7 Å². The number of nitrogens with zero attached hydrogens (tertiary/aromatic N) is 1. The van der Waals surface area contributed by atoms with Crippen LogP contribution in [0.15, 0.2) is 22.7 Å². The van der Waals surface area contributed by atoms with Crippen molar-refractivity contribution in [2.24, 2.45) is 0 Å². The minimum atomic E-state index is 0.739. The Balaban J connectivity index is 2.17. The normalized spacial score (nSPS) is 21.2. The van der Waals surface area contributed by atoms with Gasteiger partial charge in [0.2, 0.25) is 0 Å². The fraction of sp³-hybridized carbons (Fsp3) is 0.500. The summed E-state index contributed by atoms with van der Waals surface area (Å²) in [5.41, 5.74) is 2.65. The van der Waals surface area contributed by atoms with Gasteiger partial charge in [0, 0.05) is 39.6 Å². The highest BCUT2D eigenvalue weighted by Gasteiger charge is 2.17. The lowest BCUT2D eigenvalue weighted by atomic mass is 10.2. The molecule has 1 heterocycles. The lowest BCUT2D eigenvalue weighted by Gasteiger charge is -2.32. The van der Waals surface area contributed by atoms with Crippen molar-refractivity contribution in [3.8, 4) is 0 Å². The molecule has 1 fully saturated rings. The van der Waals surface area contributed by atoms with Crippen LogP contribution in [0.1, 0.15) is 12.5 Å². The minimum Gasteiger partial charge on any atom is -0.370 e. The third kappa shape index (κ3) is 2.96. The van der Waals surface area contributed by atoms with Gasteiger partial charge in [0.25, 0.3) is 0 Å². The van der Waals surface area contributed by atoms with E-state index in [9.17, 15) is 0 Å². The maximum Gasteiger partial charge on any atom is 0.0378 e. The third-order valence-electron chi connectivity index (χ3n) is 2.79. The summed E-state index contributed by atoms with van der Waals surface area (Å²) < 4.78 is 1.20. The zero-order chi connectivity index (χ0) is 11.5. The van der Waals surface area contributed by atoms with Crippen LogP contribution in [0.3, 0.4) is 0 Å². The summed E-state index contributed by atoms with van der Waals surface area (Å²) in [5.74, 6) is 1.24. The average molecular weight is 365 g/mol. The molecule has 0 N–H and O–H groups in total. The van der Waals surface area contributed by atoms with E-state index in [2.05, 4.69) is 73.6 Å². The van der Waals surface area contributed by atoms with Gasteiger partial charge < -0.3 is 4.90 Å². The maximum absolute atomic E-state index is 3.63. The van der Waals surface area contributed by atoms with Crippen molar-refractivity contribution >= 4 is 49.3 Å². The quantitative estimate of drug-likeness (QED) is 0.720. The number of hydrogen-bond donors (Lipinski definition) is 0. The Hall–Kier alpha value is 0.330. The maximum atomic E-state index is 3.63. The van der Waals surface area contributed by atoms with E-state index in [0.29, 0.717) is 0 Å². The molecule has 0 radical (unpaired) electrons. The van der Waals surface area contributed by atoms with Crippen molar-refractivity contribution in [2.45, 2.75) is 17.5 Å². The van der Waals surface area contributed by atoms with Gasteiger partial charge in [-0.15, -0.1) is 0 Å². The van der Waals surface area contributed by atoms with Crippen molar-refractivity contribution in [1.82, 2.24) is 0 Å². The molecule has 1 aromatic rings. The second-order valence-electron chi connectivity index (χ2n) is 4.04. The molecule has 0 bridgehead atoms. The second kappa shape index (κ2) is 5.78. The fourth-order valence-electron chi connectivity index (χ4n) is 1.89. The van der Waals surface area contributed by atoms with Gasteiger partial charge in [-0.05, 0) is 17.7 Å². The molecular formula is C12H15Br2NS. The van der Waals surface area contributed by atoms with Gasteiger partial charge in [-0.25, -0.2) is 0 Å². The Labute approximate surface area is 118 Å². The van der Waals surface area contributed by atoms with Gasteiger partial charge in [-0.1, -0.05) is 44.8 Å². The number of alkyl halides is 1.